The molecule has 0 radical (unpaired) electrons. The Labute approximate surface area is 167 Å². The molecule has 1 N–H and O–H groups in total. The molecule has 2 aliphatic heterocycles. The van der Waals surface area contributed by atoms with Gasteiger partial charge in [-0.2, -0.15) is 0 Å². The molecular formula is C20H19ClN2O5. The van der Waals surface area contributed by atoms with E-state index in [1.165, 1.54) is 7.11 Å². The van der Waals surface area contributed by atoms with Crippen LogP contribution < -0.4 is 19.5 Å². The van der Waals surface area contributed by atoms with Crippen LogP contribution in [-0.4, -0.2) is 37.2 Å². The molecule has 1 saturated heterocycles. The fourth-order valence-corrected chi connectivity index (χ4v) is 3.61. The molecule has 0 aliphatic carbocycles. The lowest BCUT2D eigenvalue weighted by Crippen LogP contribution is -2.28. The van der Waals surface area contributed by atoms with E-state index in [1.54, 1.807) is 23.1 Å². The molecule has 2 aliphatic rings. The zero-order chi connectivity index (χ0) is 19.7. The van der Waals surface area contributed by atoms with Gasteiger partial charge in [-0.1, -0.05) is 17.7 Å². The summed E-state index contributed by atoms with van der Waals surface area (Å²) in [5.41, 5.74) is 1.50. The summed E-state index contributed by atoms with van der Waals surface area (Å²) in [7, 11) is 1.53. The number of benzene rings is 2. The Morgan fingerprint density at radius 1 is 1.25 bits per heavy atom. The molecular weight excluding hydrogens is 384 g/mol. The Balaban J connectivity index is 1.38. The van der Waals surface area contributed by atoms with E-state index in [-0.39, 0.29) is 25.0 Å². The zero-order valence-corrected chi connectivity index (χ0v) is 16.0. The highest BCUT2D eigenvalue weighted by Crippen LogP contribution is 2.33. The van der Waals surface area contributed by atoms with Crippen molar-refractivity contribution in [2.75, 3.05) is 25.8 Å². The van der Waals surface area contributed by atoms with Crippen LogP contribution in [0.25, 0.3) is 0 Å². The van der Waals surface area contributed by atoms with E-state index in [1.807, 2.05) is 18.2 Å². The van der Waals surface area contributed by atoms with E-state index < -0.39 is 5.92 Å². The van der Waals surface area contributed by atoms with Crippen molar-refractivity contribution in [2.24, 2.45) is 5.92 Å². The normalized spacial score (nSPS) is 17.7. The third-order valence-corrected chi connectivity index (χ3v) is 5.11. The molecule has 2 heterocycles. The van der Waals surface area contributed by atoms with Gasteiger partial charge in [0.15, 0.2) is 11.5 Å². The third kappa shape index (κ3) is 3.71. The van der Waals surface area contributed by atoms with Crippen LogP contribution >= 0.6 is 11.6 Å². The fourth-order valence-electron chi connectivity index (χ4n) is 3.35. The van der Waals surface area contributed by atoms with Crippen LogP contribution in [0.4, 0.5) is 5.69 Å². The van der Waals surface area contributed by atoms with Crippen molar-refractivity contribution in [2.45, 2.75) is 13.0 Å². The largest absolute Gasteiger partial charge is 0.495 e. The van der Waals surface area contributed by atoms with Gasteiger partial charge >= 0.3 is 0 Å². The molecule has 0 bridgehead atoms. The van der Waals surface area contributed by atoms with Crippen molar-refractivity contribution in [3.8, 4) is 17.2 Å². The van der Waals surface area contributed by atoms with Crippen molar-refractivity contribution in [1.29, 1.82) is 0 Å². The summed E-state index contributed by atoms with van der Waals surface area (Å²) < 4.78 is 15.8. The van der Waals surface area contributed by atoms with Gasteiger partial charge in [-0.25, -0.2) is 0 Å². The summed E-state index contributed by atoms with van der Waals surface area (Å²) >= 11 is 6.09. The van der Waals surface area contributed by atoms with Gasteiger partial charge in [-0.3, -0.25) is 9.59 Å². The number of methoxy groups -OCH3 is 1. The number of carbonyl (C=O) groups excluding carboxylic acids is 2. The van der Waals surface area contributed by atoms with Crippen LogP contribution in [0.1, 0.15) is 12.0 Å². The average molecular weight is 403 g/mol. The number of hydrogen-bond donors (Lipinski definition) is 1. The van der Waals surface area contributed by atoms with Crippen LogP contribution in [0.5, 0.6) is 17.2 Å². The molecule has 2 aromatic carbocycles. The second-order valence-corrected chi connectivity index (χ2v) is 7.11. The van der Waals surface area contributed by atoms with Gasteiger partial charge < -0.3 is 24.4 Å². The zero-order valence-electron chi connectivity index (χ0n) is 15.2. The van der Waals surface area contributed by atoms with Crippen molar-refractivity contribution < 1.29 is 23.8 Å². The standard InChI is InChI=1S/C20H19ClN2O5/c1-26-16-5-3-14(8-15(16)21)22-20(25)13-7-19(24)23(10-13)9-12-2-4-17-18(6-12)28-11-27-17/h2-6,8,13H,7,9-11H2,1H3,(H,22,25). The molecule has 8 heteroatoms. The first-order valence-electron chi connectivity index (χ1n) is 8.84. The molecule has 0 aromatic heterocycles. The number of amides is 2. The first kappa shape index (κ1) is 18.4. The minimum atomic E-state index is -0.414. The third-order valence-electron chi connectivity index (χ3n) is 4.82. The summed E-state index contributed by atoms with van der Waals surface area (Å²) in [6, 6.07) is 10.6. The number of likely N-dealkylation sites (tertiary alicyclic amines) is 1. The van der Waals surface area contributed by atoms with Gasteiger partial charge in [0.05, 0.1) is 18.1 Å². The van der Waals surface area contributed by atoms with Gasteiger partial charge in [-0.05, 0) is 35.9 Å². The van der Waals surface area contributed by atoms with Crippen LogP contribution in [0.3, 0.4) is 0 Å². The Hall–Kier alpha value is -2.93. The van der Waals surface area contributed by atoms with E-state index >= 15 is 0 Å². The first-order chi connectivity index (χ1) is 13.5. The summed E-state index contributed by atoms with van der Waals surface area (Å²) in [6.07, 6.45) is 0.181. The molecule has 0 spiro atoms. The van der Waals surface area contributed by atoms with E-state index in [0.29, 0.717) is 41.0 Å². The van der Waals surface area contributed by atoms with Gasteiger partial charge in [0.1, 0.15) is 5.75 Å². The second-order valence-electron chi connectivity index (χ2n) is 6.70. The van der Waals surface area contributed by atoms with Crippen molar-refractivity contribution >= 4 is 29.1 Å². The number of fused-ring (bicyclic) bond motifs is 1. The maximum absolute atomic E-state index is 12.6. The Kier molecular flexibility index (Phi) is 5.00. The van der Waals surface area contributed by atoms with Crippen molar-refractivity contribution in [3.05, 3.63) is 47.0 Å². The number of rotatable bonds is 5. The van der Waals surface area contributed by atoms with Gasteiger partial charge in [0, 0.05) is 25.2 Å². The maximum Gasteiger partial charge on any atom is 0.231 e. The quantitative estimate of drug-likeness (QED) is 0.831. The lowest BCUT2D eigenvalue weighted by atomic mass is 10.1. The maximum atomic E-state index is 12.6. The molecule has 28 heavy (non-hydrogen) atoms. The monoisotopic (exact) mass is 402 g/mol. The lowest BCUT2D eigenvalue weighted by Gasteiger charge is -2.17. The number of anilines is 1. The Bertz CT molecular complexity index is 933. The van der Waals surface area contributed by atoms with Crippen LogP contribution in [-0.2, 0) is 16.1 Å². The smallest absolute Gasteiger partial charge is 0.231 e. The van der Waals surface area contributed by atoms with Crippen molar-refractivity contribution in [1.82, 2.24) is 4.90 Å². The molecule has 146 valence electrons. The van der Waals surface area contributed by atoms with Crippen LogP contribution in [0.15, 0.2) is 36.4 Å². The number of ether oxygens (including phenoxy) is 3. The highest BCUT2D eigenvalue weighted by atomic mass is 35.5. The average Bonchev–Trinajstić information content (AvgIpc) is 3.28. The van der Waals surface area contributed by atoms with E-state index in [2.05, 4.69) is 5.32 Å². The fraction of sp³-hybridized carbons (Fsp3) is 0.300. The van der Waals surface area contributed by atoms with E-state index in [0.717, 1.165) is 5.56 Å². The second kappa shape index (κ2) is 7.59. The lowest BCUT2D eigenvalue weighted by molar-refractivity contribution is -0.128. The summed E-state index contributed by atoms with van der Waals surface area (Å²) in [5, 5.41) is 3.23. The topological polar surface area (TPSA) is 77.1 Å². The molecule has 7 nitrogen and oxygen atoms in total. The van der Waals surface area contributed by atoms with Gasteiger partial charge in [0.2, 0.25) is 18.6 Å². The number of hydrogen-bond acceptors (Lipinski definition) is 5. The number of nitrogens with one attached hydrogen (secondary N) is 1. The minimum Gasteiger partial charge on any atom is -0.495 e. The predicted octanol–water partition coefficient (Wildman–Crippen LogP) is 3.06. The highest BCUT2D eigenvalue weighted by molar-refractivity contribution is 6.32. The molecule has 2 aromatic rings. The van der Waals surface area contributed by atoms with E-state index in [9.17, 15) is 9.59 Å². The van der Waals surface area contributed by atoms with Crippen LogP contribution in [0, 0.1) is 5.92 Å². The molecule has 1 atom stereocenters. The van der Waals surface area contributed by atoms with Gasteiger partial charge in [0.25, 0.3) is 0 Å². The summed E-state index contributed by atoms with van der Waals surface area (Å²) in [6.45, 7) is 0.996. The number of carbonyl (C=O) groups is 2. The molecule has 1 unspecified atom stereocenters. The number of nitrogens with zero attached hydrogens (tertiary/aromatic N) is 1. The minimum absolute atomic E-state index is 0.0504. The predicted molar refractivity (Wildman–Crippen MR) is 103 cm³/mol. The molecule has 1 fully saturated rings. The SMILES string of the molecule is COc1ccc(NC(=O)C2CC(=O)N(Cc3ccc4c(c3)OCO4)C2)cc1Cl. The Morgan fingerprint density at radius 3 is 2.86 bits per heavy atom. The Morgan fingerprint density at radius 2 is 2.07 bits per heavy atom. The molecule has 4 rings (SSSR count). The first-order valence-corrected chi connectivity index (χ1v) is 9.22. The number of halogens is 1. The van der Waals surface area contributed by atoms with Gasteiger partial charge in [-0.15, -0.1) is 0 Å². The highest BCUT2D eigenvalue weighted by Gasteiger charge is 2.34. The molecule has 2 amide bonds. The van der Waals surface area contributed by atoms with Crippen LogP contribution in [0.2, 0.25) is 5.02 Å². The van der Waals surface area contributed by atoms with Crippen molar-refractivity contribution in [3.63, 3.8) is 0 Å². The molecule has 0 saturated carbocycles. The van der Waals surface area contributed by atoms with E-state index in [4.69, 9.17) is 25.8 Å². The summed E-state index contributed by atoms with van der Waals surface area (Å²) in [4.78, 5) is 26.6. The summed E-state index contributed by atoms with van der Waals surface area (Å²) in [5.74, 6) is 1.24.